The molecule has 0 atom stereocenters. The fraction of sp³-hybridized carbons (Fsp3) is 0.438. The van der Waals surface area contributed by atoms with Gasteiger partial charge in [0.2, 0.25) is 0 Å². The molecule has 2 aromatic rings. The van der Waals surface area contributed by atoms with Crippen molar-refractivity contribution in [3.05, 3.63) is 23.6 Å². The van der Waals surface area contributed by atoms with Gasteiger partial charge in [-0.05, 0) is 25.2 Å². The second kappa shape index (κ2) is 7.99. The second-order valence-corrected chi connectivity index (χ2v) is 6.21. The van der Waals surface area contributed by atoms with E-state index in [0.29, 0.717) is 0 Å². The van der Waals surface area contributed by atoms with Crippen molar-refractivity contribution < 1.29 is 9.47 Å². The topological polar surface area (TPSA) is 37.8 Å². The van der Waals surface area contributed by atoms with Gasteiger partial charge in [0.15, 0.2) is 16.6 Å². The number of likely N-dealkylation sites (N-methyl/N-ethyl adjacent to an activating group) is 1. The normalized spacial score (nSPS) is 15.2. The molecule has 0 amide bonds. The molecule has 23 heavy (non-hydrogen) atoms. The monoisotopic (exact) mass is 399 g/mol. The van der Waals surface area contributed by atoms with Crippen molar-refractivity contribution in [2.45, 2.75) is 0 Å². The van der Waals surface area contributed by atoms with E-state index < -0.39 is 0 Å². The molecule has 2 heterocycles. The van der Waals surface area contributed by atoms with E-state index in [2.05, 4.69) is 22.2 Å². The van der Waals surface area contributed by atoms with Crippen LogP contribution in [-0.2, 0) is 0 Å². The minimum Gasteiger partial charge on any atom is -0.493 e. The maximum atomic E-state index is 5.37. The molecule has 0 spiro atoms. The first-order chi connectivity index (χ1) is 10.7. The zero-order chi connectivity index (χ0) is 15.5. The van der Waals surface area contributed by atoms with Crippen LogP contribution in [0.2, 0.25) is 0 Å². The van der Waals surface area contributed by atoms with Gasteiger partial charge in [0.25, 0.3) is 0 Å². The molecule has 7 heteroatoms. The van der Waals surface area contributed by atoms with Crippen LogP contribution in [0.5, 0.6) is 11.5 Å². The Hall–Kier alpha value is -1.31. The van der Waals surface area contributed by atoms with Crippen LogP contribution in [0.15, 0.2) is 23.6 Å². The third-order valence-electron chi connectivity index (χ3n) is 3.95. The molecule has 0 N–H and O–H groups in total. The summed E-state index contributed by atoms with van der Waals surface area (Å²) in [5, 5.41) is 3.20. The van der Waals surface area contributed by atoms with E-state index >= 15 is 0 Å². The number of hydrogen-bond acceptors (Lipinski definition) is 6. The van der Waals surface area contributed by atoms with Gasteiger partial charge in [-0.1, -0.05) is 0 Å². The number of thiazole rings is 1. The molecule has 3 rings (SSSR count). The highest BCUT2D eigenvalue weighted by atomic mass is 79.9. The van der Waals surface area contributed by atoms with E-state index in [1.807, 2.05) is 18.2 Å². The molecule has 0 unspecified atom stereocenters. The highest BCUT2D eigenvalue weighted by Crippen LogP contribution is 2.34. The average Bonchev–Trinajstić information content (AvgIpc) is 3.05. The average molecular weight is 400 g/mol. The Kier molecular flexibility index (Phi) is 6.26. The van der Waals surface area contributed by atoms with Crippen LogP contribution >= 0.6 is 28.3 Å². The molecule has 1 saturated heterocycles. The highest BCUT2D eigenvalue weighted by Gasteiger charge is 2.17. The molecule has 0 saturated carbocycles. The van der Waals surface area contributed by atoms with Crippen molar-refractivity contribution in [3.63, 3.8) is 0 Å². The molecule has 126 valence electrons. The van der Waals surface area contributed by atoms with Crippen LogP contribution in [0.1, 0.15) is 0 Å². The third kappa shape index (κ3) is 3.97. The number of nitrogens with zero attached hydrogens (tertiary/aromatic N) is 3. The van der Waals surface area contributed by atoms with Crippen molar-refractivity contribution in [1.29, 1.82) is 0 Å². The molecule has 0 radical (unpaired) electrons. The predicted octanol–water partition coefficient (Wildman–Crippen LogP) is 3.16. The lowest BCUT2D eigenvalue weighted by molar-refractivity contribution is 0.313. The van der Waals surface area contributed by atoms with Crippen LogP contribution in [0.25, 0.3) is 11.3 Å². The Bertz CT molecular complexity index is 642. The van der Waals surface area contributed by atoms with Crippen molar-refractivity contribution in [3.8, 4) is 22.8 Å². The highest BCUT2D eigenvalue weighted by molar-refractivity contribution is 8.93. The van der Waals surface area contributed by atoms with Gasteiger partial charge in [0, 0.05) is 37.1 Å². The van der Waals surface area contributed by atoms with Crippen molar-refractivity contribution in [2.24, 2.45) is 0 Å². The summed E-state index contributed by atoms with van der Waals surface area (Å²) in [6, 6.07) is 5.91. The smallest absolute Gasteiger partial charge is 0.185 e. The zero-order valence-electron chi connectivity index (χ0n) is 13.6. The summed E-state index contributed by atoms with van der Waals surface area (Å²) in [7, 11) is 5.46. The first kappa shape index (κ1) is 18.0. The Balaban J connectivity index is 0.00000192. The summed E-state index contributed by atoms with van der Waals surface area (Å²) in [4.78, 5) is 9.49. The van der Waals surface area contributed by atoms with Crippen LogP contribution in [0.4, 0.5) is 5.13 Å². The maximum absolute atomic E-state index is 5.37. The number of aromatic nitrogens is 1. The number of halogens is 1. The van der Waals surface area contributed by atoms with E-state index in [1.54, 1.807) is 25.6 Å². The van der Waals surface area contributed by atoms with E-state index in [0.717, 1.165) is 54.1 Å². The minimum absolute atomic E-state index is 0. The maximum Gasteiger partial charge on any atom is 0.185 e. The fourth-order valence-corrected chi connectivity index (χ4v) is 3.42. The van der Waals surface area contributed by atoms with Gasteiger partial charge >= 0.3 is 0 Å². The molecular formula is C16H22BrN3O2S. The number of hydrogen-bond donors (Lipinski definition) is 0. The minimum atomic E-state index is 0. The van der Waals surface area contributed by atoms with Gasteiger partial charge in [-0.2, -0.15) is 0 Å². The predicted molar refractivity (Wildman–Crippen MR) is 101 cm³/mol. The molecular weight excluding hydrogens is 378 g/mol. The second-order valence-electron chi connectivity index (χ2n) is 5.38. The zero-order valence-corrected chi connectivity index (χ0v) is 16.1. The van der Waals surface area contributed by atoms with Gasteiger partial charge < -0.3 is 19.3 Å². The number of ether oxygens (including phenoxy) is 2. The van der Waals surface area contributed by atoms with Crippen LogP contribution in [-0.4, -0.2) is 57.3 Å². The van der Waals surface area contributed by atoms with Crippen molar-refractivity contribution in [2.75, 3.05) is 52.3 Å². The Morgan fingerprint density at radius 3 is 2.39 bits per heavy atom. The SMILES string of the molecule is Br.COc1ccc(-c2csc(N3CCN(C)CC3)n2)cc1OC. The molecule has 1 aliphatic heterocycles. The summed E-state index contributed by atoms with van der Waals surface area (Å²) in [5.41, 5.74) is 2.04. The summed E-state index contributed by atoms with van der Waals surface area (Å²) in [6.07, 6.45) is 0. The summed E-state index contributed by atoms with van der Waals surface area (Å²) in [6.45, 7) is 4.25. The molecule has 1 aromatic heterocycles. The first-order valence-electron chi connectivity index (χ1n) is 7.32. The molecule has 5 nitrogen and oxygen atoms in total. The number of rotatable bonds is 4. The quantitative estimate of drug-likeness (QED) is 0.789. The molecule has 0 aliphatic carbocycles. The lowest BCUT2D eigenvalue weighted by atomic mass is 10.1. The van der Waals surface area contributed by atoms with Crippen LogP contribution in [0.3, 0.4) is 0 Å². The van der Waals surface area contributed by atoms with Gasteiger partial charge in [0.1, 0.15) is 0 Å². The first-order valence-corrected chi connectivity index (χ1v) is 8.20. The fourth-order valence-electron chi connectivity index (χ4n) is 2.54. The van der Waals surface area contributed by atoms with E-state index in [4.69, 9.17) is 14.5 Å². The third-order valence-corrected chi connectivity index (χ3v) is 4.85. The van der Waals surface area contributed by atoms with Gasteiger partial charge in [0.05, 0.1) is 19.9 Å². The van der Waals surface area contributed by atoms with Gasteiger partial charge in [-0.25, -0.2) is 4.98 Å². The van der Waals surface area contributed by atoms with Crippen LogP contribution < -0.4 is 14.4 Å². The Labute approximate surface area is 151 Å². The van der Waals surface area contributed by atoms with Crippen molar-refractivity contribution >= 4 is 33.4 Å². The van der Waals surface area contributed by atoms with E-state index in [-0.39, 0.29) is 17.0 Å². The molecule has 1 aromatic carbocycles. The van der Waals surface area contributed by atoms with Gasteiger partial charge in [-0.15, -0.1) is 28.3 Å². The molecule has 0 bridgehead atoms. The van der Waals surface area contributed by atoms with E-state index in [9.17, 15) is 0 Å². The standard InChI is InChI=1S/C16H21N3O2S.BrH/c1-18-6-8-19(9-7-18)16-17-13(11-22-16)12-4-5-14(20-2)15(10-12)21-3;/h4-5,10-11H,6-9H2,1-3H3;1H. The molecule has 1 fully saturated rings. The van der Waals surface area contributed by atoms with Gasteiger partial charge in [-0.3, -0.25) is 0 Å². The summed E-state index contributed by atoms with van der Waals surface area (Å²) >= 11 is 1.70. The number of methoxy groups -OCH3 is 2. The number of benzene rings is 1. The Morgan fingerprint density at radius 2 is 1.74 bits per heavy atom. The lowest BCUT2D eigenvalue weighted by Gasteiger charge is -2.32. The number of anilines is 1. The van der Waals surface area contributed by atoms with Crippen LogP contribution in [0, 0.1) is 0 Å². The van der Waals surface area contributed by atoms with Crippen molar-refractivity contribution in [1.82, 2.24) is 9.88 Å². The summed E-state index contributed by atoms with van der Waals surface area (Å²) < 4.78 is 10.6. The lowest BCUT2D eigenvalue weighted by Crippen LogP contribution is -2.44. The number of piperazine rings is 1. The summed E-state index contributed by atoms with van der Waals surface area (Å²) in [5.74, 6) is 1.47. The Morgan fingerprint density at radius 1 is 1.04 bits per heavy atom. The van der Waals surface area contributed by atoms with E-state index in [1.165, 1.54) is 0 Å². The molecule has 1 aliphatic rings. The largest absolute Gasteiger partial charge is 0.493 e.